The third-order valence-corrected chi connectivity index (χ3v) is 2.10. The topological polar surface area (TPSA) is 12.0 Å². The summed E-state index contributed by atoms with van der Waals surface area (Å²) in [6, 6.07) is 0.653. The molecule has 0 aliphatic heterocycles. The Labute approximate surface area is 77.2 Å². The lowest BCUT2D eigenvalue weighted by atomic mass is 10.1. The van der Waals surface area contributed by atoms with Gasteiger partial charge in [0.15, 0.2) is 0 Å². The number of hydrogen-bond donors (Lipinski definition) is 1. The van der Waals surface area contributed by atoms with Crippen molar-refractivity contribution < 1.29 is 0 Å². The Morgan fingerprint density at radius 2 is 2.08 bits per heavy atom. The maximum Gasteiger partial charge on any atom is 0.0134 e. The molecule has 0 aromatic rings. The number of unbranched alkanes of at least 4 members (excludes halogenated alkanes) is 3. The zero-order valence-corrected chi connectivity index (χ0v) is 8.60. The van der Waals surface area contributed by atoms with Crippen molar-refractivity contribution in [3.05, 3.63) is 12.7 Å². The predicted octanol–water partition coefficient (Wildman–Crippen LogP) is 3.12. The van der Waals surface area contributed by atoms with E-state index in [0.717, 1.165) is 6.54 Å². The van der Waals surface area contributed by atoms with Crippen molar-refractivity contribution in [2.75, 3.05) is 6.54 Å². The van der Waals surface area contributed by atoms with E-state index < -0.39 is 0 Å². The van der Waals surface area contributed by atoms with Gasteiger partial charge in [0.1, 0.15) is 0 Å². The Morgan fingerprint density at radius 1 is 1.33 bits per heavy atom. The summed E-state index contributed by atoms with van der Waals surface area (Å²) in [6.45, 7) is 9.11. The number of nitrogens with one attached hydrogen (secondary N) is 1. The standard InChI is InChI=1S/C11H23N/c1-4-6-7-8-9-11(3)12-10-5-2/h5,11-12H,2,4,6-10H2,1,3H3. The molecule has 1 unspecified atom stereocenters. The quantitative estimate of drug-likeness (QED) is 0.435. The normalized spacial score (nSPS) is 12.8. The Bertz CT molecular complexity index is 99.2. The highest BCUT2D eigenvalue weighted by Gasteiger charge is 1.97. The second-order valence-electron chi connectivity index (χ2n) is 3.45. The first-order valence-electron chi connectivity index (χ1n) is 5.15. The fraction of sp³-hybridized carbons (Fsp3) is 0.818. The Morgan fingerprint density at radius 3 is 2.67 bits per heavy atom. The molecule has 0 spiro atoms. The van der Waals surface area contributed by atoms with Crippen LogP contribution < -0.4 is 5.32 Å². The lowest BCUT2D eigenvalue weighted by Crippen LogP contribution is -2.25. The van der Waals surface area contributed by atoms with Crippen LogP contribution in [0.3, 0.4) is 0 Å². The molecule has 0 radical (unpaired) electrons. The molecule has 0 bridgehead atoms. The fourth-order valence-corrected chi connectivity index (χ4v) is 1.26. The first-order valence-corrected chi connectivity index (χ1v) is 5.15. The van der Waals surface area contributed by atoms with Crippen LogP contribution in [-0.2, 0) is 0 Å². The van der Waals surface area contributed by atoms with Crippen molar-refractivity contribution in [1.29, 1.82) is 0 Å². The molecule has 0 amide bonds. The van der Waals surface area contributed by atoms with Crippen molar-refractivity contribution >= 4 is 0 Å². The maximum atomic E-state index is 3.68. The third kappa shape index (κ3) is 7.80. The summed E-state index contributed by atoms with van der Waals surface area (Å²) in [5.41, 5.74) is 0. The molecule has 72 valence electrons. The SMILES string of the molecule is C=CCNC(C)CCCCCC. The van der Waals surface area contributed by atoms with Crippen LogP contribution in [0.2, 0.25) is 0 Å². The van der Waals surface area contributed by atoms with Crippen molar-refractivity contribution in [3.63, 3.8) is 0 Å². The van der Waals surface area contributed by atoms with E-state index in [1.807, 2.05) is 6.08 Å². The zero-order valence-electron chi connectivity index (χ0n) is 8.60. The second-order valence-corrected chi connectivity index (χ2v) is 3.45. The highest BCUT2D eigenvalue weighted by atomic mass is 14.9. The summed E-state index contributed by atoms with van der Waals surface area (Å²) < 4.78 is 0. The highest BCUT2D eigenvalue weighted by Crippen LogP contribution is 2.04. The maximum absolute atomic E-state index is 3.68. The summed E-state index contributed by atoms with van der Waals surface area (Å²) in [5.74, 6) is 0. The first kappa shape index (κ1) is 11.7. The minimum atomic E-state index is 0.653. The average molecular weight is 169 g/mol. The van der Waals surface area contributed by atoms with Gasteiger partial charge in [0.05, 0.1) is 0 Å². The molecule has 0 aromatic heterocycles. The summed E-state index contributed by atoms with van der Waals surface area (Å²) in [7, 11) is 0. The van der Waals surface area contributed by atoms with Crippen LogP contribution in [0.5, 0.6) is 0 Å². The van der Waals surface area contributed by atoms with Gasteiger partial charge in [-0.15, -0.1) is 6.58 Å². The van der Waals surface area contributed by atoms with E-state index in [2.05, 4.69) is 25.7 Å². The van der Waals surface area contributed by atoms with Crippen LogP contribution in [0.4, 0.5) is 0 Å². The van der Waals surface area contributed by atoms with Gasteiger partial charge < -0.3 is 5.32 Å². The Kier molecular flexibility index (Phi) is 8.57. The molecule has 0 heterocycles. The summed E-state index contributed by atoms with van der Waals surface area (Å²) in [4.78, 5) is 0. The van der Waals surface area contributed by atoms with Gasteiger partial charge in [0, 0.05) is 12.6 Å². The largest absolute Gasteiger partial charge is 0.311 e. The van der Waals surface area contributed by atoms with Crippen LogP contribution >= 0.6 is 0 Å². The molecule has 1 nitrogen and oxygen atoms in total. The van der Waals surface area contributed by atoms with E-state index in [0.29, 0.717) is 6.04 Å². The minimum Gasteiger partial charge on any atom is -0.311 e. The third-order valence-electron chi connectivity index (χ3n) is 2.10. The Hall–Kier alpha value is -0.300. The van der Waals surface area contributed by atoms with E-state index >= 15 is 0 Å². The van der Waals surface area contributed by atoms with E-state index in [1.165, 1.54) is 32.1 Å². The van der Waals surface area contributed by atoms with Gasteiger partial charge in [-0.3, -0.25) is 0 Å². The molecule has 1 N–H and O–H groups in total. The van der Waals surface area contributed by atoms with E-state index in [4.69, 9.17) is 0 Å². The molecule has 1 heteroatoms. The van der Waals surface area contributed by atoms with Crippen LogP contribution in [0.15, 0.2) is 12.7 Å². The van der Waals surface area contributed by atoms with Crippen molar-refractivity contribution in [2.24, 2.45) is 0 Å². The fourth-order valence-electron chi connectivity index (χ4n) is 1.26. The number of rotatable bonds is 8. The van der Waals surface area contributed by atoms with E-state index in [-0.39, 0.29) is 0 Å². The van der Waals surface area contributed by atoms with E-state index in [1.54, 1.807) is 0 Å². The van der Waals surface area contributed by atoms with Gasteiger partial charge in [0.25, 0.3) is 0 Å². The van der Waals surface area contributed by atoms with Crippen LogP contribution in [0, 0.1) is 0 Å². The molecule has 1 atom stereocenters. The van der Waals surface area contributed by atoms with Gasteiger partial charge in [0.2, 0.25) is 0 Å². The van der Waals surface area contributed by atoms with Gasteiger partial charge in [-0.1, -0.05) is 38.7 Å². The predicted molar refractivity (Wildman–Crippen MR) is 56.4 cm³/mol. The molecule has 0 aliphatic carbocycles. The van der Waals surface area contributed by atoms with Crippen molar-refractivity contribution in [1.82, 2.24) is 5.32 Å². The van der Waals surface area contributed by atoms with Crippen LogP contribution in [-0.4, -0.2) is 12.6 Å². The zero-order chi connectivity index (χ0) is 9.23. The van der Waals surface area contributed by atoms with Crippen LogP contribution in [0.25, 0.3) is 0 Å². The highest BCUT2D eigenvalue weighted by molar-refractivity contribution is 4.72. The summed E-state index contributed by atoms with van der Waals surface area (Å²) >= 11 is 0. The molecule has 0 saturated carbocycles. The molecular formula is C11H23N. The van der Waals surface area contributed by atoms with Gasteiger partial charge in [-0.2, -0.15) is 0 Å². The second kappa shape index (κ2) is 8.79. The molecule has 12 heavy (non-hydrogen) atoms. The van der Waals surface area contributed by atoms with E-state index in [9.17, 15) is 0 Å². The monoisotopic (exact) mass is 169 g/mol. The minimum absolute atomic E-state index is 0.653. The molecule has 0 aromatic carbocycles. The van der Waals surface area contributed by atoms with Crippen molar-refractivity contribution in [2.45, 2.75) is 52.0 Å². The first-order chi connectivity index (χ1) is 5.81. The molecule has 0 saturated heterocycles. The van der Waals surface area contributed by atoms with Gasteiger partial charge in [-0.25, -0.2) is 0 Å². The Balaban J connectivity index is 3.07. The van der Waals surface area contributed by atoms with Crippen LogP contribution in [0.1, 0.15) is 46.0 Å². The molecule has 0 fully saturated rings. The lowest BCUT2D eigenvalue weighted by Gasteiger charge is -2.11. The summed E-state index contributed by atoms with van der Waals surface area (Å²) in [5, 5.41) is 3.39. The molecule has 0 rings (SSSR count). The van der Waals surface area contributed by atoms with Crippen molar-refractivity contribution in [3.8, 4) is 0 Å². The summed E-state index contributed by atoms with van der Waals surface area (Å²) in [6.07, 6.45) is 8.68. The average Bonchev–Trinajstić information content (AvgIpc) is 2.09. The van der Waals surface area contributed by atoms with Gasteiger partial charge >= 0.3 is 0 Å². The smallest absolute Gasteiger partial charge is 0.0134 e. The molecule has 0 aliphatic rings. The number of hydrogen-bond acceptors (Lipinski definition) is 1. The van der Waals surface area contributed by atoms with Gasteiger partial charge in [-0.05, 0) is 13.3 Å². The molecular weight excluding hydrogens is 146 g/mol. The lowest BCUT2D eigenvalue weighted by molar-refractivity contribution is 0.503.